The van der Waals surface area contributed by atoms with Crippen molar-refractivity contribution in [3.8, 4) is 11.5 Å². The average Bonchev–Trinajstić information content (AvgIpc) is 2.88. The first-order valence-corrected chi connectivity index (χ1v) is 12.0. The van der Waals surface area contributed by atoms with Crippen molar-refractivity contribution < 1.29 is 23.0 Å². The van der Waals surface area contributed by atoms with E-state index in [0.29, 0.717) is 18.1 Å². The van der Waals surface area contributed by atoms with Gasteiger partial charge in [-0.15, -0.1) is 0 Å². The molecule has 4 aromatic carbocycles. The molecule has 1 unspecified atom stereocenters. The van der Waals surface area contributed by atoms with E-state index in [1.807, 2.05) is 60.7 Å². The van der Waals surface area contributed by atoms with Gasteiger partial charge in [-0.3, -0.25) is 0 Å². The number of rotatable bonds is 9. The van der Waals surface area contributed by atoms with Crippen molar-refractivity contribution in [3.05, 3.63) is 120 Å². The Hall–Kier alpha value is -3.61. The van der Waals surface area contributed by atoms with Crippen LogP contribution in [0.15, 0.2) is 119 Å². The van der Waals surface area contributed by atoms with Gasteiger partial charge in [0.25, 0.3) is 0 Å². The monoisotopic (exact) mass is 460 g/mol. The van der Waals surface area contributed by atoms with Gasteiger partial charge >= 0.3 is 0 Å². The number of aliphatic hydroxyl groups is 1. The molecule has 6 heteroatoms. The summed E-state index contributed by atoms with van der Waals surface area (Å²) in [6, 6.07) is 31.7. The molecule has 0 aliphatic carbocycles. The molecule has 0 fully saturated rings. The second kappa shape index (κ2) is 10.3. The van der Waals surface area contributed by atoms with Gasteiger partial charge in [0.2, 0.25) is 9.84 Å². The summed E-state index contributed by atoms with van der Waals surface area (Å²) in [6.45, 7) is 0.217. The topological polar surface area (TPSA) is 72.8 Å². The molecule has 0 spiro atoms. The Bertz CT molecular complexity index is 1250. The van der Waals surface area contributed by atoms with Gasteiger partial charge in [-0.05, 0) is 59.7 Å². The minimum Gasteiger partial charge on any atom is -0.489 e. The lowest BCUT2D eigenvalue weighted by Gasteiger charge is -2.17. The maximum Gasteiger partial charge on any atom is 0.206 e. The van der Waals surface area contributed by atoms with Crippen molar-refractivity contribution in [1.29, 1.82) is 0 Å². The summed E-state index contributed by atoms with van der Waals surface area (Å²) in [5.41, 5.74) is 1.87. The molecule has 4 aromatic rings. The fourth-order valence-corrected chi connectivity index (χ4v) is 4.59. The van der Waals surface area contributed by atoms with Crippen molar-refractivity contribution in [2.24, 2.45) is 0 Å². The summed E-state index contributed by atoms with van der Waals surface area (Å²) in [5.74, 6) is 1.07. The van der Waals surface area contributed by atoms with Gasteiger partial charge in [-0.1, -0.05) is 60.7 Å². The van der Waals surface area contributed by atoms with Gasteiger partial charge in [0.1, 0.15) is 24.2 Å². The van der Waals surface area contributed by atoms with Crippen LogP contribution >= 0.6 is 0 Å². The van der Waals surface area contributed by atoms with Gasteiger partial charge in [0, 0.05) is 0 Å². The number of aliphatic hydroxyl groups excluding tert-OH is 1. The van der Waals surface area contributed by atoms with Gasteiger partial charge < -0.3 is 14.6 Å². The highest BCUT2D eigenvalue weighted by atomic mass is 32.2. The zero-order valence-corrected chi connectivity index (χ0v) is 18.7. The molecule has 5 nitrogen and oxygen atoms in total. The maximum absolute atomic E-state index is 13.0. The normalized spacial score (nSPS) is 12.2. The van der Waals surface area contributed by atoms with Crippen molar-refractivity contribution >= 4 is 9.84 Å². The molecule has 0 aliphatic heterocycles. The molecular formula is C27H24O5S. The number of benzene rings is 4. The van der Waals surface area contributed by atoms with Crippen LogP contribution in [0.5, 0.6) is 11.5 Å². The maximum atomic E-state index is 13.0. The van der Waals surface area contributed by atoms with E-state index < -0.39 is 15.9 Å². The molecule has 33 heavy (non-hydrogen) atoms. The van der Waals surface area contributed by atoms with E-state index in [9.17, 15) is 13.5 Å². The Morgan fingerprint density at radius 3 is 1.73 bits per heavy atom. The van der Waals surface area contributed by atoms with Crippen LogP contribution < -0.4 is 9.47 Å². The Morgan fingerprint density at radius 1 is 0.667 bits per heavy atom. The van der Waals surface area contributed by atoms with Crippen LogP contribution in [0.25, 0.3) is 0 Å². The quantitative estimate of drug-likeness (QED) is 0.371. The first-order chi connectivity index (χ1) is 16.1. The Morgan fingerprint density at radius 2 is 1.18 bits per heavy atom. The van der Waals surface area contributed by atoms with Crippen LogP contribution in [-0.2, 0) is 16.4 Å². The van der Waals surface area contributed by atoms with Gasteiger partial charge in [-0.25, -0.2) is 8.42 Å². The van der Waals surface area contributed by atoms with Crippen LogP contribution in [0, 0.1) is 0 Å². The SMILES string of the molecule is O=S(=O)(c1ccc(OCc2ccccc2)cc1)c1ccc(OC(CO)c2ccccc2)cc1. The fraction of sp³-hybridized carbons (Fsp3) is 0.111. The molecule has 0 aromatic heterocycles. The first kappa shape index (κ1) is 22.6. The van der Waals surface area contributed by atoms with E-state index in [1.165, 1.54) is 24.3 Å². The van der Waals surface area contributed by atoms with Crippen LogP contribution in [0.3, 0.4) is 0 Å². The lowest BCUT2D eigenvalue weighted by atomic mass is 10.1. The summed E-state index contributed by atoms with van der Waals surface area (Å²) >= 11 is 0. The molecular weight excluding hydrogens is 436 g/mol. The minimum absolute atomic E-state index is 0.160. The Labute approximate surface area is 193 Å². The highest BCUT2D eigenvalue weighted by Crippen LogP contribution is 2.27. The van der Waals surface area contributed by atoms with Crippen molar-refractivity contribution in [1.82, 2.24) is 0 Å². The van der Waals surface area contributed by atoms with Crippen LogP contribution in [-0.4, -0.2) is 20.1 Å². The summed E-state index contributed by atoms with van der Waals surface area (Å²) < 4.78 is 37.6. The third kappa shape index (κ3) is 5.61. The van der Waals surface area contributed by atoms with Crippen LogP contribution in [0.2, 0.25) is 0 Å². The zero-order valence-electron chi connectivity index (χ0n) is 17.9. The van der Waals surface area contributed by atoms with E-state index in [0.717, 1.165) is 11.1 Å². The largest absolute Gasteiger partial charge is 0.489 e. The molecule has 168 valence electrons. The second-order valence-corrected chi connectivity index (χ2v) is 9.37. The molecule has 0 saturated carbocycles. The van der Waals surface area contributed by atoms with Crippen molar-refractivity contribution in [2.75, 3.05) is 6.61 Å². The highest BCUT2D eigenvalue weighted by molar-refractivity contribution is 7.91. The Balaban J connectivity index is 1.43. The van der Waals surface area contributed by atoms with Gasteiger partial charge in [0.05, 0.1) is 16.4 Å². The standard InChI is InChI=1S/C27H24O5S/c28-19-27(22-9-5-2-6-10-22)32-24-13-17-26(18-14-24)33(29,30)25-15-11-23(12-16-25)31-20-21-7-3-1-4-8-21/h1-18,27-28H,19-20H2. The lowest BCUT2D eigenvalue weighted by Crippen LogP contribution is -2.12. The molecule has 0 amide bonds. The summed E-state index contributed by atoms with van der Waals surface area (Å²) in [4.78, 5) is 0.341. The van der Waals surface area contributed by atoms with E-state index in [1.54, 1.807) is 24.3 Å². The van der Waals surface area contributed by atoms with E-state index >= 15 is 0 Å². The second-order valence-electron chi connectivity index (χ2n) is 7.42. The third-order valence-electron chi connectivity index (χ3n) is 5.13. The number of hydrogen-bond donors (Lipinski definition) is 1. The summed E-state index contributed by atoms with van der Waals surface area (Å²) in [6.07, 6.45) is -0.530. The number of hydrogen-bond acceptors (Lipinski definition) is 5. The number of ether oxygens (including phenoxy) is 2. The van der Waals surface area contributed by atoms with E-state index in [-0.39, 0.29) is 16.4 Å². The molecule has 0 saturated heterocycles. The molecule has 1 atom stereocenters. The first-order valence-electron chi connectivity index (χ1n) is 10.5. The molecule has 0 bridgehead atoms. The van der Waals surface area contributed by atoms with Crippen LogP contribution in [0.4, 0.5) is 0 Å². The zero-order chi connectivity index (χ0) is 23.1. The Kier molecular flexibility index (Phi) is 7.07. The van der Waals surface area contributed by atoms with Crippen LogP contribution in [0.1, 0.15) is 17.2 Å². The third-order valence-corrected chi connectivity index (χ3v) is 6.92. The van der Waals surface area contributed by atoms with Gasteiger partial charge in [0.15, 0.2) is 0 Å². The molecule has 0 heterocycles. The minimum atomic E-state index is -3.69. The van der Waals surface area contributed by atoms with Gasteiger partial charge in [-0.2, -0.15) is 0 Å². The van der Waals surface area contributed by atoms with E-state index in [2.05, 4.69) is 0 Å². The smallest absolute Gasteiger partial charge is 0.206 e. The lowest BCUT2D eigenvalue weighted by molar-refractivity contribution is 0.116. The number of sulfone groups is 1. The van der Waals surface area contributed by atoms with E-state index in [4.69, 9.17) is 9.47 Å². The predicted octanol–water partition coefficient (Wildman–Crippen LogP) is 5.21. The molecule has 4 rings (SSSR count). The summed E-state index contributed by atoms with van der Waals surface area (Å²) in [7, 11) is -3.69. The fourth-order valence-electron chi connectivity index (χ4n) is 3.33. The molecule has 0 aliphatic rings. The average molecular weight is 461 g/mol. The molecule has 1 N–H and O–H groups in total. The van der Waals surface area contributed by atoms with Crippen molar-refractivity contribution in [2.45, 2.75) is 22.5 Å². The highest BCUT2D eigenvalue weighted by Gasteiger charge is 2.18. The summed E-state index contributed by atoms with van der Waals surface area (Å²) in [5, 5.41) is 9.67. The molecule has 0 radical (unpaired) electrons. The van der Waals surface area contributed by atoms with Crippen molar-refractivity contribution in [3.63, 3.8) is 0 Å². The predicted molar refractivity (Wildman–Crippen MR) is 126 cm³/mol.